The molecular weight excluding hydrogens is 302 g/mol. The Hall–Kier alpha value is -0.800. The third kappa shape index (κ3) is 2.26. The van der Waals surface area contributed by atoms with Gasteiger partial charge in [0.1, 0.15) is 0 Å². The van der Waals surface area contributed by atoms with Gasteiger partial charge in [0, 0.05) is 34.7 Å². The predicted molar refractivity (Wildman–Crippen MR) is 75.3 cm³/mol. The van der Waals surface area contributed by atoms with E-state index < -0.39 is 0 Å². The topological polar surface area (TPSA) is 22.0 Å². The van der Waals surface area contributed by atoms with E-state index in [4.69, 9.17) is 11.6 Å². The Morgan fingerprint density at radius 1 is 1.53 bits per heavy atom. The molecule has 1 aromatic heterocycles. The van der Waals surface area contributed by atoms with E-state index in [1.807, 2.05) is 42.9 Å². The van der Waals surface area contributed by atoms with Crippen LogP contribution >= 0.6 is 27.5 Å². The van der Waals surface area contributed by atoms with E-state index in [0.717, 1.165) is 22.9 Å². The number of hydrogen-bond acceptors (Lipinski definition) is 1. The molecule has 4 heteroatoms. The first-order valence-corrected chi connectivity index (χ1v) is 6.76. The van der Waals surface area contributed by atoms with Gasteiger partial charge in [0.15, 0.2) is 5.78 Å². The number of hydrogen-bond donors (Lipinski definition) is 0. The zero-order valence-electron chi connectivity index (χ0n) is 9.71. The van der Waals surface area contributed by atoms with Crippen LogP contribution in [-0.4, -0.2) is 15.2 Å². The van der Waals surface area contributed by atoms with Gasteiger partial charge in [-0.3, -0.25) is 4.79 Å². The number of ketones is 1. The van der Waals surface area contributed by atoms with Crippen molar-refractivity contribution in [3.8, 4) is 0 Å². The van der Waals surface area contributed by atoms with Gasteiger partial charge in [-0.15, -0.1) is 0 Å². The number of aromatic nitrogens is 1. The van der Waals surface area contributed by atoms with Crippen molar-refractivity contribution in [3.05, 3.63) is 35.0 Å². The molecule has 0 aliphatic rings. The summed E-state index contributed by atoms with van der Waals surface area (Å²) >= 11 is 9.37. The lowest BCUT2D eigenvalue weighted by Crippen LogP contribution is -2.12. The molecule has 1 aromatic carbocycles. The second-order valence-corrected chi connectivity index (χ2v) is 5.60. The lowest BCUT2D eigenvalue weighted by atomic mass is 10.1. The molecule has 2 rings (SSSR count). The van der Waals surface area contributed by atoms with E-state index in [2.05, 4.69) is 15.9 Å². The minimum absolute atomic E-state index is 0.122. The van der Waals surface area contributed by atoms with Gasteiger partial charge in [-0.05, 0) is 18.6 Å². The van der Waals surface area contributed by atoms with Gasteiger partial charge < -0.3 is 4.57 Å². The fraction of sp³-hybridized carbons (Fsp3) is 0.308. The van der Waals surface area contributed by atoms with Crippen LogP contribution in [0, 0.1) is 0 Å². The monoisotopic (exact) mass is 313 g/mol. The Morgan fingerprint density at radius 2 is 2.24 bits per heavy atom. The highest BCUT2D eigenvalue weighted by molar-refractivity contribution is 9.10. The zero-order chi connectivity index (χ0) is 12.6. The Bertz CT molecular complexity index is 576. The van der Waals surface area contributed by atoms with Gasteiger partial charge >= 0.3 is 0 Å². The van der Waals surface area contributed by atoms with Gasteiger partial charge in [-0.2, -0.15) is 0 Å². The van der Waals surface area contributed by atoms with E-state index >= 15 is 0 Å². The van der Waals surface area contributed by atoms with E-state index in [1.165, 1.54) is 0 Å². The summed E-state index contributed by atoms with van der Waals surface area (Å²) in [4.78, 5) is 12.1. The summed E-state index contributed by atoms with van der Waals surface area (Å²) in [6.07, 6.45) is 2.65. The van der Waals surface area contributed by atoms with Crippen molar-refractivity contribution in [2.24, 2.45) is 7.05 Å². The maximum absolute atomic E-state index is 12.2. The molecule has 0 fully saturated rings. The van der Waals surface area contributed by atoms with Crippen LogP contribution in [0.5, 0.6) is 0 Å². The van der Waals surface area contributed by atoms with Crippen molar-refractivity contribution >= 4 is 44.2 Å². The summed E-state index contributed by atoms with van der Waals surface area (Å²) in [5.74, 6) is 0.125. The Balaban J connectivity index is 2.60. The van der Waals surface area contributed by atoms with Crippen molar-refractivity contribution in [1.82, 2.24) is 4.57 Å². The molecule has 0 radical (unpaired) electrons. The molecule has 0 N–H and O–H groups in total. The van der Waals surface area contributed by atoms with Crippen LogP contribution in [0.2, 0.25) is 5.02 Å². The van der Waals surface area contributed by atoms with Crippen LogP contribution in [0.3, 0.4) is 0 Å². The third-order valence-corrected chi connectivity index (χ3v) is 4.16. The van der Waals surface area contributed by atoms with Crippen LogP contribution < -0.4 is 0 Å². The summed E-state index contributed by atoms with van der Waals surface area (Å²) in [6, 6.07) is 5.60. The summed E-state index contributed by atoms with van der Waals surface area (Å²) in [5.41, 5.74) is 1.74. The minimum atomic E-state index is -0.122. The molecule has 0 saturated carbocycles. The molecule has 1 atom stereocenters. The highest BCUT2D eigenvalue weighted by atomic mass is 79.9. The summed E-state index contributed by atoms with van der Waals surface area (Å²) < 4.78 is 1.93. The molecule has 0 aliphatic carbocycles. The molecule has 2 aromatic rings. The summed E-state index contributed by atoms with van der Waals surface area (Å²) in [7, 11) is 1.92. The quantitative estimate of drug-likeness (QED) is 0.615. The Kier molecular flexibility index (Phi) is 3.59. The van der Waals surface area contributed by atoms with Crippen LogP contribution in [-0.2, 0) is 7.05 Å². The van der Waals surface area contributed by atoms with E-state index in [-0.39, 0.29) is 10.6 Å². The second kappa shape index (κ2) is 4.83. The average Bonchev–Trinajstić information content (AvgIpc) is 2.64. The van der Waals surface area contributed by atoms with Crippen LogP contribution in [0.4, 0.5) is 0 Å². The number of rotatable bonds is 3. The first-order chi connectivity index (χ1) is 8.04. The number of carbonyl (C=O) groups excluding carboxylic acids is 1. The molecule has 2 nitrogen and oxygen atoms in total. The Morgan fingerprint density at radius 3 is 2.88 bits per heavy atom. The predicted octanol–water partition coefficient (Wildman–Crippen LogP) is 4.19. The van der Waals surface area contributed by atoms with Gasteiger partial charge in [-0.25, -0.2) is 0 Å². The van der Waals surface area contributed by atoms with Gasteiger partial charge in [0.25, 0.3) is 0 Å². The first-order valence-electron chi connectivity index (χ1n) is 5.47. The second-order valence-electron chi connectivity index (χ2n) is 4.06. The molecule has 0 saturated heterocycles. The van der Waals surface area contributed by atoms with Crippen LogP contribution in [0.1, 0.15) is 23.7 Å². The molecule has 1 heterocycles. The van der Waals surface area contributed by atoms with Crippen molar-refractivity contribution in [3.63, 3.8) is 0 Å². The highest BCUT2D eigenvalue weighted by Crippen LogP contribution is 2.26. The third-order valence-electron chi connectivity index (χ3n) is 2.86. The average molecular weight is 315 g/mol. The number of carbonyl (C=O) groups is 1. The number of nitrogens with zero attached hydrogens (tertiary/aromatic N) is 1. The van der Waals surface area contributed by atoms with E-state index in [9.17, 15) is 4.79 Å². The number of benzene rings is 1. The minimum Gasteiger partial charge on any atom is -0.350 e. The molecule has 0 amide bonds. The van der Waals surface area contributed by atoms with Crippen molar-refractivity contribution in [2.45, 2.75) is 18.2 Å². The number of alkyl halides is 1. The highest BCUT2D eigenvalue weighted by Gasteiger charge is 2.19. The number of halogens is 2. The molecule has 0 aliphatic heterocycles. The number of Topliss-reactive ketones (excluding diaryl/α,β-unsaturated/α-hetero) is 1. The smallest absolute Gasteiger partial charge is 0.178 e. The summed E-state index contributed by atoms with van der Waals surface area (Å²) in [6.45, 7) is 1.99. The molecule has 0 spiro atoms. The number of fused-ring (bicyclic) bond motifs is 1. The van der Waals surface area contributed by atoms with E-state index in [0.29, 0.717) is 5.02 Å². The van der Waals surface area contributed by atoms with E-state index in [1.54, 1.807) is 0 Å². The summed E-state index contributed by atoms with van der Waals surface area (Å²) in [5, 5.41) is 1.64. The molecule has 0 bridgehead atoms. The normalized spacial score (nSPS) is 12.9. The van der Waals surface area contributed by atoms with Crippen molar-refractivity contribution in [2.75, 3.05) is 0 Å². The molecule has 1 unspecified atom stereocenters. The van der Waals surface area contributed by atoms with Crippen LogP contribution in [0.25, 0.3) is 10.9 Å². The van der Waals surface area contributed by atoms with Crippen molar-refractivity contribution < 1.29 is 4.79 Å². The van der Waals surface area contributed by atoms with Gasteiger partial charge in [-0.1, -0.05) is 40.5 Å². The SMILES string of the molecule is CCC(Br)C(=O)c1cn(C)c2cc(Cl)ccc12. The lowest BCUT2D eigenvalue weighted by molar-refractivity contribution is 0.0991. The fourth-order valence-electron chi connectivity index (χ4n) is 1.91. The Labute approximate surface area is 114 Å². The molecular formula is C13H13BrClNO. The fourth-order valence-corrected chi connectivity index (χ4v) is 2.32. The lowest BCUT2D eigenvalue weighted by Gasteiger charge is -2.04. The van der Waals surface area contributed by atoms with Crippen molar-refractivity contribution in [1.29, 1.82) is 0 Å². The standard InChI is InChI=1S/C13H13BrClNO/c1-3-11(14)13(17)10-7-16(2)12-6-8(15)4-5-9(10)12/h4-7,11H,3H2,1-2H3. The van der Waals surface area contributed by atoms with Crippen LogP contribution in [0.15, 0.2) is 24.4 Å². The largest absolute Gasteiger partial charge is 0.350 e. The number of aryl methyl sites for hydroxylation is 1. The van der Waals surface area contributed by atoms with Gasteiger partial charge in [0.2, 0.25) is 0 Å². The molecule has 90 valence electrons. The first kappa shape index (κ1) is 12.7. The molecule has 17 heavy (non-hydrogen) atoms. The zero-order valence-corrected chi connectivity index (χ0v) is 12.0. The maximum atomic E-state index is 12.2. The van der Waals surface area contributed by atoms with Gasteiger partial charge in [0.05, 0.1) is 4.83 Å². The maximum Gasteiger partial charge on any atom is 0.178 e.